The average molecular weight is 441 g/mol. The van der Waals surface area contributed by atoms with Crippen LogP contribution in [0.4, 0.5) is 0 Å². The minimum absolute atomic E-state index is 0.00489. The van der Waals surface area contributed by atoms with Crippen LogP contribution < -0.4 is 5.56 Å². The molecule has 4 heterocycles. The molecule has 1 unspecified atom stereocenters. The van der Waals surface area contributed by atoms with E-state index in [4.69, 9.17) is 4.98 Å². The number of aromatic amines is 1. The Kier molecular flexibility index (Phi) is 6.23. The molecular weight excluding hydrogens is 408 g/mol. The third-order valence-electron chi connectivity index (χ3n) is 7.22. The highest BCUT2D eigenvalue weighted by molar-refractivity contribution is 7.09. The van der Waals surface area contributed by atoms with Gasteiger partial charge in [-0.05, 0) is 43.0 Å². The zero-order chi connectivity index (χ0) is 21.2. The van der Waals surface area contributed by atoms with E-state index < -0.39 is 0 Å². The van der Waals surface area contributed by atoms with Gasteiger partial charge in [-0.25, -0.2) is 4.98 Å². The lowest BCUT2D eigenvalue weighted by molar-refractivity contribution is -0.133. The first-order valence-corrected chi connectivity index (χ1v) is 12.7. The number of aromatic nitrogens is 2. The second-order valence-electron chi connectivity index (χ2n) is 9.45. The van der Waals surface area contributed by atoms with Crippen molar-refractivity contribution in [2.24, 2.45) is 5.92 Å². The van der Waals surface area contributed by atoms with Gasteiger partial charge < -0.3 is 9.88 Å². The van der Waals surface area contributed by atoms with Crippen molar-refractivity contribution in [1.29, 1.82) is 0 Å². The smallest absolute Gasteiger partial charge is 0.255 e. The Morgan fingerprint density at radius 2 is 2.06 bits per heavy atom. The summed E-state index contributed by atoms with van der Waals surface area (Å²) in [6.07, 6.45) is 8.42. The van der Waals surface area contributed by atoms with Gasteiger partial charge in [-0.2, -0.15) is 0 Å². The molecule has 2 aromatic heterocycles. The van der Waals surface area contributed by atoms with Gasteiger partial charge in [0.2, 0.25) is 5.91 Å². The number of piperidine rings is 1. The van der Waals surface area contributed by atoms with Gasteiger partial charge in [0.15, 0.2) is 0 Å². The van der Waals surface area contributed by atoms with E-state index in [1.165, 1.54) is 30.6 Å². The monoisotopic (exact) mass is 440 g/mol. The summed E-state index contributed by atoms with van der Waals surface area (Å²) in [5.74, 6) is 1.80. The SMILES string of the molecule is O=C(CC1CCCC1)N1CCCC(c2nc3c(c(=O)[nH]2)CN(Cc2cccs2)CC3)C1. The largest absolute Gasteiger partial charge is 0.342 e. The van der Waals surface area contributed by atoms with Crippen molar-refractivity contribution in [1.82, 2.24) is 19.8 Å². The first kappa shape index (κ1) is 20.9. The number of hydrogen-bond acceptors (Lipinski definition) is 5. The number of carbonyl (C=O) groups excluding carboxylic acids is 1. The molecule has 1 atom stereocenters. The number of H-pyrrole nitrogens is 1. The molecule has 0 radical (unpaired) electrons. The Bertz CT molecular complexity index is 964. The first-order valence-electron chi connectivity index (χ1n) is 11.8. The first-order chi connectivity index (χ1) is 15.2. The highest BCUT2D eigenvalue weighted by atomic mass is 32.1. The lowest BCUT2D eigenvalue weighted by Gasteiger charge is -2.33. The van der Waals surface area contributed by atoms with Crippen LogP contribution in [0.2, 0.25) is 0 Å². The summed E-state index contributed by atoms with van der Waals surface area (Å²) < 4.78 is 0. The molecule has 0 aromatic carbocycles. The zero-order valence-corrected chi connectivity index (χ0v) is 19.0. The standard InChI is InChI=1S/C24H32N4O2S/c29-22(13-17-5-1-2-6-17)28-10-3-7-18(14-28)23-25-21-9-11-27(15-19-8-4-12-31-19)16-20(21)24(30)26-23/h4,8,12,17-18H,1-3,5-7,9-11,13-16H2,(H,25,26,30). The third kappa shape index (κ3) is 4.77. The van der Waals surface area contributed by atoms with E-state index in [2.05, 4.69) is 27.4 Å². The van der Waals surface area contributed by atoms with E-state index in [9.17, 15) is 9.59 Å². The van der Waals surface area contributed by atoms with Crippen molar-refractivity contribution in [3.8, 4) is 0 Å². The number of hydrogen-bond donors (Lipinski definition) is 1. The van der Waals surface area contributed by atoms with Crippen LogP contribution in [0.1, 0.15) is 72.8 Å². The minimum Gasteiger partial charge on any atom is -0.342 e. The molecule has 2 aliphatic heterocycles. The van der Waals surface area contributed by atoms with Crippen molar-refractivity contribution in [2.45, 2.75) is 70.4 Å². The van der Waals surface area contributed by atoms with Gasteiger partial charge in [-0.1, -0.05) is 18.9 Å². The number of amides is 1. The normalized spacial score (nSPS) is 22.6. The Labute approximate surface area is 187 Å². The van der Waals surface area contributed by atoms with Gasteiger partial charge in [-0.3, -0.25) is 14.5 Å². The van der Waals surface area contributed by atoms with Gasteiger partial charge in [0.05, 0.1) is 11.3 Å². The van der Waals surface area contributed by atoms with Crippen LogP contribution in [0.5, 0.6) is 0 Å². The molecule has 0 bridgehead atoms. The molecule has 5 rings (SSSR count). The number of likely N-dealkylation sites (tertiary alicyclic amines) is 1. The summed E-state index contributed by atoms with van der Waals surface area (Å²) in [5, 5.41) is 2.10. The molecule has 6 nitrogen and oxygen atoms in total. The Hall–Kier alpha value is -1.99. The summed E-state index contributed by atoms with van der Waals surface area (Å²) in [6.45, 7) is 4.01. The molecule has 1 N–H and O–H groups in total. The van der Waals surface area contributed by atoms with Crippen LogP contribution in [0.3, 0.4) is 0 Å². The molecule has 7 heteroatoms. The summed E-state index contributed by atoms with van der Waals surface area (Å²) in [6, 6.07) is 4.22. The predicted molar refractivity (Wildman–Crippen MR) is 122 cm³/mol. The number of carbonyl (C=O) groups is 1. The van der Waals surface area contributed by atoms with Crippen molar-refractivity contribution in [3.05, 3.63) is 49.8 Å². The summed E-state index contributed by atoms with van der Waals surface area (Å²) in [7, 11) is 0. The Morgan fingerprint density at radius 3 is 2.87 bits per heavy atom. The molecule has 1 saturated carbocycles. The quantitative estimate of drug-likeness (QED) is 0.770. The fourth-order valence-corrected chi connectivity index (χ4v) is 6.21. The Morgan fingerprint density at radius 1 is 1.19 bits per heavy atom. The zero-order valence-electron chi connectivity index (χ0n) is 18.1. The lowest BCUT2D eigenvalue weighted by Crippen LogP contribution is -2.41. The lowest BCUT2D eigenvalue weighted by atomic mass is 9.95. The molecule has 2 aromatic rings. The van der Waals surface area contributed by atoms with E-state index in [1.54, 1.807) is 11.3 Å². The van der Waals surface area contributed by atoms with Gasteiger partial charge in [0.25, 0.3) is 5.56 Å². The van der Waals surface area contributed by atoms with Gasteiger partial charge in [0.1, 0.15) is 5.82 Å². The van der Waals surface area contributed by atoms with E-state index in [-0.39, 0.29) is 11.5 Å². The third-order valence-corrected chi connectivity index (χ3v) is 8.09. The second-order valence-corrected chi connectivity index (χ2v) is 10.5. The highest BCUT2D eigenvalue weighted by Gasteiger charge is 2.30. The molecule has 31 heavy (non-hydrogen) atoms. The van der Waals surface area contributed by atoms with Crippen LogP contribution in [0.15, 0.2) is 22.3 Å². The summed E-state index contributed by atoms with van der Waals surface area (Å²) in [4.78, 5) is 39.4. The molecule has 1 saturated heterocycles. The number of fused-ring (bicyclic) bond motifs is 1. The van der Waals surface area contributed by atoms with Crippen LogP contribution >= 0.6 is 11.3 Å². The van der Waals surface area contributed by atoms with E-state index in [0.717, 1.165) is 56.0 Å². The molecule has 2 fully saturated rings. The van der Waals surface area contributed by atoms with E-state index in [0.29, 0.717) is 31.3 Å². The summed E-state index contributed by atoms with van der Waals surface area (Å²) >= 11 is 1.76. The van der Waals surface area contributed by atoms with E-state index in [1.807, 2.05) is 4.90 Å². The van der Waals surface area contributed by atoms with Gasteiger partial charge in [-0.15, -0.1) is 11.3 Å². The number of thiophene rings is 1. The van der Waals surface area contributed by atoms with Crippen LogP contribution in [0.25, 0.3) is 0 Å². The molecule has 166 valence electrons. The molecular formula is C24H32N4O2S. The maximum Gasteiger partial charge on any atom is 0.255 e. The fraction of sp³-hybridized carbons (Fsp3) is 0.625. The number of rotatable bonds is 5. The summed E-state index contributed by atoms with van der Waals surface area (Å²) in [5.41, 5.74) is 1.78. The molecule has 1 amide bonds. The maximum atomic E-state index is 12.9. The fourth-order valence-electron chi connectivity index (χ4n) is 5.47. The van der Waals surface area contributed by atoms with Crippen LogP contribution in [-0.4, -0.2) is 45.3 Å². The topological polar surface area (TPSA) is 69.3 Å². The molecule has 3 aliphatic rings. The maximum absolute atomic E-state index is 12.9. The highest BCUT2D eigenvalue weighted by Crippen LogP contribution is 2.30. The van der Waals surface area contributed by atoms with Crippen LogP contribution in [-0.2, 0) is 24.3 Å². The number of nitrogens with one attached hydrogen (secondary N) is 1. The van der Waals surface area contributed by atoms with Crippen molar-refractivity contribution < 1.29 is 4.79 Å². The predicted octanol–water partition coefficient (Wildman–Crippen LogP) is 3.68. The van der Waals surface area contributed by atoms with Crippen molar-refractivity contribution >= 4 is 17.2 Å². The number of nitrogens with zero attached hydrogens (tertiary/aromatic N) is 3. The Balaban J connectivity index is 1.26. The second kappa shape index (κ2) is 9.25. The van der Waals surface area contributed by atoms with Crippen molar-refractivity contribution in [3.63, 3.8) is 0 Å². The van der Waals surface area contributed by atoms with Crippen molar-refractivity contribution in [2.75, 3.05) is 19.6 Å². The van der Waals surface area contributed by atoms with Gasteiger partial charge in [0, 0.05) is 56.4 Å². The molecule has 0 spiro atoms. The van der Waals surface area contributed by atoms with Crippen LogP contribution in [0, 0.1) is 5.92 Å². The average Bonchev–Trinajstić information content (AvgIpc) is 3.48. The van der Waals surface area contributed by atoms with Gasteiger partial charge >= 0.3 is 0 Å². The molecule has 1 aliphatic carbocycles. The minimum atomic E-state index is 0.00489. The van der Waals surface area contributed by atoms with E-state index >= 15 is 0 Å².